The van der Waals surface area contributed by atoms with Gasteiger partial charge in [-0.3, -0.25) is 9.59 Å². The Balaban J connectivity index is 4.56. The molecule has 0 aromatic carbocycles. The van der Waals surface area contributed by atoms with Gasteiger partial charge in [0.2, 0.25) is 11.8 Å². The van der Waals surface area contributed by atoms with Crippen LogP contribution in [0.5, 0.6) is 0 Å². The first-order chi connectivity index (χ1) is 14.2. The number of carbonyl (C=O) groups is 3. The Morgan fingerprint density at radius 3 is 1.90 bits per heavy atom. The van der Waals surface area contributed by atoms with Crippen molar-refractivity contribution in [1.29, 1.82) is 0 Å². The molecule has 0 bridgehead atoms. The van der Waals surface area contributed by atoms with Crippen molar-refractivity contribution in [2.24, 2.45) is 11.8 Å². The minimum absolute atomic E-state index is 0.110. The summed E-state index contributed by atoms with van der Waals surface area (Å²) in [5.74, 6) is -0.432. The van der Waals surface area contributed by atoms with E-state index < -0.39 is 18.1 Å². The molecule has 0 rings (SSSR count). The van der Waals surface area contributed by atoms with Gasteiger partial charge in [-0.05, 0) is 43.9 Å². The van der Waals surface area contributed by atoms with Crippen LogP contribution in [-0.4, -0.2) is 37.0 Å². The van der Waals surface area contributed by atoms with Gasteiger partial charge in [0.25, 0.3) is 0 Å². The zero-order chi connectivity index (χ0) is 22.9. The van der Waals surface area contributed by atoms with Crippen molar-refractivity contribution in [2.75, 3.05) is 7.11 Å². The minimum Gasteiger partial charge on any atom is -0.467 e. The average molecular weight is 425 g/mol. The van der Waals surface area contributed by atoms with Gasteiger partial charge < -0.3 is 15.4 Å². The zero-order valence-electron chi connectivity index (χ0n) is 19.8. The van der Waals surface area contributed by atoms with E-state index in [4.69, 9.17) is 4.74 Å². The lowest BCUT2D eigenvalue weighted by molar-refractivity contribution is -0.145. The topological polar surface area (TPSA) is 84.5 Å². The highest BCUT2D eigenvalue weighted by Crippen LogP contribution is 2.11. The van der Waals surface area contributed by atoms with Crippen molar-refractivity contribution in [3.05, 3.63) is 12.7 Å². The van der Waals surface area contributed by atoms with Crippen LogP contribution in [0, 0.1) is 11.8 Å². The van der Waals surface area contributed by atoms with Crippen LogP contribution in [0.2, 0.25) is 0 Å². The quantitative estimate of drug-likeness (QED) is 0.204. The number of allylic oxidation sites excluding steroid dienone is 1. The van der Waals surface area contributed by atoms with E-state index in [1.165, 1.54) is 26.4 Å². The fourth-order valence-corrected chi connectivity index (χ4v) is 3.35. The Kier molecular flexibility index (Phi) is 15.9. The zero-order valence-corrected chi connectivity index (χ0v) is 19.8. The summed E-state index contributed by atoms with van der Waals surface area (Å²) in [6.45, 7) is 11.7. The Bertz CT molecular complexity index is 517. The molecule has 2 amide bonds. The Labute approximate surface area is 183 Å². The molecule has 0 aromatic heterocycles. The molecule has 2 atom stereocenters. The van der Waals surface area contributed by atoms with E-state index in [0.29, 0.717) is 19.3 Å². The number of carbonyl (C=O) groups excluding carboxylic acids is 3. The standard InChI is InChI=1S/C24H44N2O4/c1-7-8-9-10-11-12-13-14-15-22(27)25-20(16-18(2)3)23(28)26-21(17-19(4)5)24(29)30-6/h7,18-21H,1,8-17H2,2-6H3,(H,25,27)(H,26,28)/t20-,21?/m1/s1. The van der Waals surface area contributed by atoms with Crippen LogP contribution in [0.3, 0.4) is 0 Å². The van der Waals surface area contributed by atoms with E-state index in [9.17, 15) is 14.4 Å². The Hall–Kier alpha value is -1.85. The second kappa shape index (κ2) is 16.9. The van der Waals surface area contributed by atoms with E-state index in [1.54, 1.807) is 0 Å². The Morgan fingerprint density at radius 2 is 1.37 bits per heavy atom. The van der Waals surface area contributed by atoms with Crippen LogP contribution in [0.15, 0.2) is 12.7 Å². The summed E-state index contributed by atoms with van der Waals surface area (Å²) >= 11 is 0. The van der Waals surface area contributed by atoms with Crippen molar-refractivity contribution >= 4 is 17.8 Å². The van der Waals surface area contributed by atoms with Crippen molar-refractivity contribution in [2.45, 2.75) is 104 Å². The fourth-order valence-electron chi connectivity index (χ4n) is 3.35. The summed E-state index contributed by atoms with van der Waals surface area (Å²) < 4.78 is 4.82. The Morgan fingerprint density at radius 1 is 0.833 bits per heavy atom. The van der Waals surface area contributed by atoms with Crippen molar-refractivity contribution in [3.63, 3.8) is 0 Å². The molecule has 0 aromatic rings. The van der Waals surface area contributed by atoms with E-state index in [1.807, 2.05) is 33.8 Å². The smallest absolute Gasteiger partial charge is 0.328 e. The first-order valence-electron chi connectivity index (χ1n) is 11.5. The van der Waals surface area contributed by atoms with Crippen molar-refractivity contribution < 1.29 is 19.1 Å². The lowest BCUT2D eigenvalue weighted by Gasteiger charge is -2.24. The van der Waals surface area contributed by atoms with E-state index >= 15 is 0 Å². The molecular weight excluding hydrogens is 380 g/mol. The van der Waals surface area contributed by atoms with Gasteiger partial charge in [-0.25, -0.2) is 4.79 Å². The van der Waals surface area contributed by atoms with Crippen LogP contribution in [0.25, 0.3) is 0 Å². The molecule has 174 valence electrons. The third kappa shape index (κ3) is 14.2. The number of rotatable bonds is 17. The van der Waals surface area contributed by atoms with Gasteiger partial charge >= 0.3 is 5.97 Å². The largest absolute Gasteiger partial charge is 0.467 e. The van der Waals surface area contributed by atoms with Crippen LogP contribution >= 0.6 is 0 Å². The molecule has 0 fully saturated rings. The first kappa shape index (κ1) is 28.1. The van der Waals surface area contributed by atoms with Gasteiger partial charge in [-0.15, -0.1) is 6.58 Å². The lowest BCUT2D eigenvalue weighted by atomic mass is 10.00. The minimum atomic E-state index is -0.699. The van der Waals surface area contributed by atoms with E-state index in [2.05, 4.69) is 17.2 Å². The molecule has 6 nitrogen and oxygen atoms in total. The monoisotopic (exact) mass is 424 g/mol. The summed E-state index contributed by atoms with van der Waals surface area (Å²) in [5, 5.41) is 5.64. The number of nitrogens with one attached hydrogen (secondary N) is 2. The summed E-state index contributed by atoms with van der Waals surface area (Å²) in [6, 6.07) is -1.34. The highest BCUT2D eigenvalue weighted by Gasteiger charge is 2.28. The molecule has 0 aliphatic heterocycles. The first-order valence-corrected chi connectivity index (χ1v) is 11.5. The van der Waals surface area contributed by atoms with Crippen LogP contribution in [-0.2, 0) is 19.1 Å². The molecule has 0 spiro atoms. The fraction of sp³-hybridized carbons (Fsp3) is 0.792. The summed E-state index contributed by atoms with van der Waals surface area (Å²) in [6.07, 6.45) is 11.0. The number of esters is 1. The molecule has 0 aliphatic carbocycles. The molecule has 0 heterocycles. The maximum Gasteiger partial charge on any atom is 0.328 e. The number of hydrogen-bond donors (Lipinski definition) is 2. The maximum atomic E-state index is 12.8. The molecule has 0 saturated carbocycles. The summed E-state index contributed by atoms with van der Waals surface area (Å²) in [5.41, 5.74) is 0. The molecule has 30 heavy (non-hydrogen) atoms. The normalized spacial score (nSPS) is 13.0. The lowest BCUT2D eigenvalue weighted by Crippen LogP contribution is -2.52. The highest BCUT2D eigenvalue weighted by molar-refractivity contribution is 5.90. The average Bonchev–Trinajstić information content (AvgIpc) is 2.67. The summed E-state index contributed by atoms with van der Waals surface area (Å²) in [4.78, 5) is 37.2. The molecular formula is C24H44N2O4. The molecule has 2 N–H and O–H groups in total. The second-order valence-corrected chi connectivity index (χ2v) is 8.91. The molecule has 0 saturated heterocycles. The van der Waals surface area contributed by atoms with Gasteiger partial charge in [-0.2, -0.15) is 0 Å². The van der Waals surface area contributed by atoms with E-state index in [-0.39, 0.29) is 23.7 Å². The molecule has 1 unspecified atom stereocenters. The molecule has 6 heteroatoms. The molecule has 0 radical (unpaired) electrons. The van der Waals surface area contributed by atoms with Gasteiger partial charge in [0.15, 0.2) is 0 Å². The van der Waals surface area contributed by atoms with Gasteiger partial charge in [0.1, 0.15) is 12.1 Å². The predicted molar refractivity (Wildman–Crippen MR) is 122 cm³/mol. The third-order valence-corrected chi connectivity index (χ3v) is 4.93. The van der Waals surface area contributed by atoms with Gasteiger partial charge in [0.05, 0.1) is 7.11 Å². The summed E-state index contributed by atoms with van der Waals surface area (Å²) in [7, 11) is 1.31. The van der Waals surface area contributed by atoms with Crippen molar-refractivity contribution in [1.82, 2.24) is 10.6 Å². The van der Waals surface area contributed by atoms with Gasteiger partial charge in [-0.1, -0.05) is 59.5 Å². The van der Waals surface area contributed by atoms with Crippen molar-refractivity contribution in [3.8, 4) is 0 Å². The second-order valence-electron chi connectivity index (χ2n) is 8.91. The predicted octanol–water partition coefficient (Wildman–Crippen LogP) is 4.53. The van der Waals surface area contributed by atoms with Crippen LogP contribution < -0.4 is 10.6 Å². The maximum absolute atomic E-state index is 12.8. The van der Waals surface area contributed by atoms with Crippen LogP contribution in [0.1, 0.15) is 91.9 Å². The molecule has 0 aliphatic rings. The SMILES string of the molecule is C=CCCCCCCCCC(=O)N[C@H](CC(C)C)C(=O)NC(CC(C)C)C(=O)OC. The van der Waals surface area contributed by atoms with E-state index in [0.717, 1.165) is 25.7 Å². The highest BCUT2D eigenvalue weighted by atomic mass is 16.5. The third-order valence-electron chi connectivity index (χ3n) is 4.93. The number of unbranched alkanes of at least 4 members (excludes halogenated alkanes) is 6. The number of hydrogen-bond acceptors (Lipinski definition) is 4. The number of ether oxygens (including phenoxy) is 1. The number of amides is 2. The van der Waals surface area contributed by atoms with Gasteiger partial charge in [0, 0.05) is 6.42 Å². The van der Waals surface area contributed by atoms with Crippen LogP contribution in [0.4, 0.5) is 0 Å². The number of methoxy groups -OCH3 is 1.